The van der Waals surface area contributed by atoms with E-state index in [-0.39, 0.29) is 16.9 Å². The van der Waals surface area contributed by atoms with Gasteiger partial charge in [-0.3, -0.25) is 9.59 Å². The average Bonchev–Trinajstić information content (AvgIpc) is 2.87. The summed E-state index contributed by atoms with van der Waals surface area (Å²) in [6, 6.07) is 4.95. The van der Waals surface area contributed by atoms with Crippen molar-refractivity contribution in [2.75, 3.05) is 7.05 Å². The van der Waals surface area contributed by atoms with Crippen LogP contribution in [0.4, 0.5) is 0 Å². The molecule has 0 saturated carbocycles. The van der Waals surface area contributed by atoms with E-state index in [4.69, 9.17) is 16.1 Å². The maximum Gasteiger partial charge on any atom is 0.259 e. The smallest absolute Gasteiger partial charge is 0.259 e. The first kappa shape index (κ1) is 16.3. The molecule has 0 aliphatic carbocycles. The fraction of sp³-hybridized carbons (Fsp3) is 0.235. The van der Waals surface area contributed by atoms with Crippen molar-refractivity contribution in [1.29, 1.82) is 0 Å². The number of aromatic nitrogens is 2. The second kappa shape index (κ2) is 6.13. The number of aryl methyl sites for hydroxylation is 2. The Balaban J connectivity index is 1.96. The van der Waals surface area contributed by atoms with Gasteiger partial charge in [0.15, 0.2) is 0 Å². The van der Waals surface area contributed by atoms with Gasteiger partial charge in [-0.15, -0.1) is 0 Å². The van der Waals surface area contributed by atoms with Crippen LogP contribution in [0.1, 0.15) is 27.4 Å². The van der Waals surface area contributed by atoms with Gasteiger partial charge in [0.25, 0.3) is 5.91 Å². The van der Waals surface area contributed by atoms with E-state index < -0.39 is 0 Å². The minimum atomic E-state index is -0.377. The molecule has 0 spiro atoms. The van der Waals surface area contributed by atoms with Crippen molar-refractivity contribution in [3.05, 3.63) is 62.2 Å². The lowest BCUT2D eigenvalue weighted by molar-refractivity contribution is 0.0783. The van der Waals surface area contributed by atoms with Gasteiger partial charge in [-0.05, 0) is 32.0 Å². The molecule has 0 aliphatic heterocycles. The van der Waals surface area contributed by atoms with Crippen molar-refractivity contribution in [2.45, 2.75) is 20.4 Å². The highest BCUT2D eigenvalue weighted by Crippen LogP contribution is 2.17. The number of halogens is 1. The summed E-state index contributed by atoms with van der Waals surface area (Å²) in [5, 5.41) is 4.71. The standard InChI is InChI=1S/C17H16ClN3O3/c1-9-14(10(2)24-20-9)8-21(3)17(23)13-7-19-15-5-4-11(18)6-12(15)16(13)22/h4-7H,8H2,1-3H3,(H,19,22). The number of fused-ring (bicyclic) bond motifs is 1. The molecule has 1 amide bonds. The number of aromatic amines is 1. The van der Waals surface area contributed by atoms with Crippen molar-refractivity contribution in [2.24, 2.45) is 0 Å². The normalized spacial score (nSPS) is 11.0. The summed E-state index contributed by atoms with van der Waals surface area (Å²) >= 11 is 5.95. The van der Waals surface area contributed by atoms with Crippen LogP contribution < -0.4 is 5.43 Å². The molecule has 2 aromatic heterocycles. The number of nitrogens with zero attached hydrogens (tertiary/aromatic N) is 2. The zero-order chi connectivity index (χ0) is 17.4. The first-order valence-electron chi connectivity index (χ1n) is 7.36. The van der Waals surface area contributed by atoms with Crippen molar-refractivity contribution in [3.63, 3.8) is 0 Å². The number of benzene rings is 1. The first-order valence-corrected chi connectivity index (χ1v) is 7.74. The molecule has 3 aromatic rings. The summed E-state index contributed by atoms with van der Waals surface area (Å²) in [5.41, 5.74) is 1.92. The van der Waals surface area contributed by atoms with Gasteiger partial charge < -0.3 is 14.4 Å². The summed E-state index contributed by atoms with van der Waals surface area (Å²) in [7, 11) is 1.63. The highest BCUT2D eigenvalue weighted by molar-refractivity contribution is 6.31. The van der Waals surface area contributed by atoms with Gasteiger partial charge in [-0.2, -0.15) is 0 Å². The molecule has 0 fully saturated rings. The molecule has 0 radical (unpaired) electrons. The molecular formula is C17H16ClN3O3. The van der Waals surface area contributed by atoms with E-state index in [2.05, 4.69) is 10.1 Å². The number of rotatable bonds is 3. The molecular weight excluding hydrogens is 330 g/mol. The molecule has 0 atom stereocenters. The summed E-state index contributed by atoms with van der Waals surface area (Å²) in [5.74, 6) is 0.282. The first-order chi connectivity index (χ1) is 11.4. The lowest BCUT2D eigenvalue weighted by Crippen LogP contribution is -2.31. The quantitative estimate of drug-likeness (QED) is 0.791. The number of hydrogen-bond acceptors (Lipinski definition) is 4. The lowest BCUT2D eigenvalue weighted by Gasteiger charge is -2.17. The fourth-order valence-electron chi connectivity index (χ4n) is 2.59. The number of pyridine rings is 1. The number of H-pyrrole nitrogens is 1. The monoisotopic (exact) mass is 345 g/mol. The fourth-order valence-corrected chi connectivity index (χ4v) is 2.76. The molecule has 2 heterocycles. The summed E-state index contributed by atoms with van der Waals surface area (Å²) < 4.78 is 5.11. The Labute approximate surface area is 143 Å². The Hall–Kier alpha value is -2.60. The number of nitrogens with one attached hydrogen (secondary N) is 1. The van der Waals surface area contributed by atoms with E-state index >= 15 is 0 Å². The summed E-state index contributed by atoms with van der Waals surface area (Å²) in [6.07, 6.45) is 1.44. The predicted octanol–water partition coefficient (Wildman–Crippen LogP) is 3.06. The molecule has 7 heteroatoms. The topological polar surface area (TPSA) is 79.2 Å². The van der Waals surface area contributed by atoms with Crippen molar-refractivity contribution in [3.8, 4) is 0 Å². The zero-order valence-electron chi connectivity index (χ0n) is 13.5. The third-order valence-electron chi connectivity index (χ3n) is 4.00. The molecule has 0 bridgehead atoms. The lowest BCUT2D eigenvalue weighted by atomic mass is 10.1. The van der Waals surface area contributed by atoms with Crippen LogP contribution in [0.3, 0.4) is 0 Å². The van der Waals surface area contributed by atoms with Crippen LogP contribution in [0.25, 0.3) is 10.9 Å². The van der Waals surface area contributed by atoms with Gasteiger partial charge in [0.1, 0.15) is 11.3 Å². The minimum absolute atomic E-state index is 0.0685. The van der Waals surface area contributed by atoms with E-state index in [0.29, 0.717) is 28.2 Å². The van der Waals surface area contributed by atoms with Crippen LogP contribution in [-0.4, -0.2) is 28.0 Å². The van der Waals surface area contributed by atoms with Crippen molar-refractivity contribution in [1.82, 2.24) is 15.0 Å². The highest BCUT2D eigenvalue weighted by Gasteiger charge is 2.20. The number of hydrogen-bond donors (Lipinski definition) is 1. The van der Waals surface area contributed by atoms with Gasteiger partial charge in [0.05, 0.1) is 12.2 Å². The molecule has 1 N–H and O–H groups in total. The molecule has 0 saturated heterocycles. The number of carbonyl (C=O) groups excluding carboxylic acids is 1. The van der Waals surface area contributed by atoms with E-state index in [1.165, 1.54) is 11.1 Å². The van der Waals surface area contributed by atoms with Crippen LogP contribution in [0.2, 0.25) is 5.02 Å². The van der Waals surface area contributed by atoms with Crippen molar-refractivity contribution >= 4 is 28.4 Å². The Morgan fingerprint density at radius 2 is 2.12 bits per heavy atom. The van der Waals surface area contributed by atoms with Gasteiger partial charge in [0.2, 0.25) is 5.43 Å². The number of amides is 1. The van der Waals surface area contributed by atoms with Gasteiger partial charge in [-0.25, -0.2) is 0 Å². The molecule has 1 aromatic carbocycles. The van der Waals surface area contributed by atoms with Gasteiger partial charge in [0, 0.05) is 34.7 Å². The third kappa shape index (κ3) is 2.80. The van der Waals surface area contributed by atoms with Gasteiger partial charge in [-0.1, -0.05) is 16.8 Å². The van der Waals surface area contributed by atoms with Gasteiger partial charge >= 0.3 is 0 Å². The summed E-state index contributed by atoms with van der Waals surface area (Å²) in [4.78, 5) is 29.7. The van der Waals surface area contributed by atoms with Crippen LogP contribution in [0, 0.1) is 13.8 Å². The molecule has 124 valence electrons. The maximum absolute atomic E-state index is 12.7. The summed E-state index contributed by atoms with van der Waals surface area (Å²) in [6.45, 7) is 3.92. The SMILES string of the molecule is Cc1noc(C)c1CN(C)C(=O)c1c[nH]c2ccc(Cl)cc2c1=O. The average molecular weight is 346 g/mol. The zero-order valence-corrected chi connectivity index (χ0v) is 14.3. The van der Waals surface area contributed by atoms with E-state index in [1.807, 2.05) is 6.92 Å². The van der Waals surface area contributed by atoms with Crippen molar-refractivity contribution < 1.29 is 9.32 Å². The second-order valence-corrected chi connectivity index (χ2v) is 6.12. The van der Waals surface area contributed by atoms with E-state index in [0.717, 1.165) is 11.3 Å². The predicted molar refractivity (Wildman–Crippen MR) is 91.4 cm³/mol. The van der Waals surface area contributed by atoms with Crippen LogP contribution >= 0.6 is 11.6 Å². The van der Waals surface area contributed by atoms with Crippen LogP contribution in [0.5, 0.6) is 0 Å². The third-order valence-corrected chi connectivity index (χ3v) is 4.23. The Kier molecular flexibility index (Phi) is 4.15. The van der Waals surface area contributed by atoms with E-state index in [1.54, 1.807) is 32.2 Å². The Morgan fingerprint density at radius 1 is 1.38 bits per heavy atom. The second-order valence-electron chi connectivity index (χ2n) is 5.69. The van der Waals surface area contributed by atoms with Crippen LogP contribution in [-0.2, 0) is 6.54 Å². The van der Waals surface area contributed by atoms with Crippen LogP contribution in [0.15, 0.2) is 33.7 Å². The van der Waals surface area contributed by atoms with E-state index in [9.17, 15) is 9.59 Å². The highest BCUT2D eigenvalue weighted by atomic mass is 35.5. The molecule has 0 unspecified atom stereocenters. The maximum atomic E-state index is 12.7. The minimum Gasteiger partial charge on any atom is -0.361 e. The molecule has 3 rings (SSSR count). The number of carbonyl (C=O) groups is 1. The molecule has 0 aliphatic rings. The largest absolute Gasteiger partial charge is 0.361 e. The Bertz CT molecular complexity index is 971. The molecule has 6 nitrogen and oxygen atoms in total. The Morgan fingerprint density at radius 3 is 2.79 bits per heavy atom. The molecule has 24 heavy (non-hydrogen) atoms.